The van der Waals surface area contributed by atoms with E-state index < -0.39 is 0 Å². The fraction of sp³-hybridized carbons (Fsp3) is 0.350. The molecule has 148 valence electrons. The summed E-state index contributed by atoms with van der Waals surface area (Å²) in [6, 6.07) is 9.28. The molecular formula is C20H22ClN3O3S. The molecule has 0 saturated carbocycles. The van der Waals surface area contributed by atoms with Gasteiger partial charge in [-0.05, 0) is 45.0 Å². The molecule has 0 fully saturated rings. The Bertz CT molecular complexity index is 983. The SMILES string of the molecule is COC[C@@H](C)n1c(C)cc(C(=O)CSc2nnc(-c3cccc(Cl)c3)o2)c1C. The van der Waals surface area contributed by atoms with Gasteiger partial charge < -0.3 is 13.7 Å². The summed E-state index contributed by atoms with van der Waals surface area (Å²) >= 11 is 7.22. The smallest absolute Gasteiger partial charge is 0.277 e. The van der Waals surface area contributed by atoms with Crippen molar-refractivity contribution in [3.8, 4) is 11.5 Å². The van der Waals surface area contributed by atoms with Crippen molar-refractivity contribution in [3.63, 3.8) is 0 Å². The van der Waals surface area contributed by atoms with Crippen molar-refractivity contribution in [1.82, 2.24) is 14.8 Å². The van der Waals surface area contributed by atoms with Gasteiger partial charge >= 0.3 is 0 Å². The number of Topliss-reactive ketones (excluding diaryl/α,β-unsaturated/α-hetero) is 1. The number of rotatable bonds is 8. The number of aryl methyl sites for hydroxylation is 1. The van der Waals surface area contributed by atoms with E-state index in [-0.39, 0.29) is 17.6 Å². The van der Waals surface area contributed by atoms with Crippen LogP contribution in [0.3, 0.4) is 0 Å². The third-order valence-corrected chi connectivity index (χ3v) is 5.49. The number of thioether (sulfide) groups is 1. The molecule has 8 heteroatoms. The molecule has 6 nitrogen and oxygen atoms in total. The molecule has 0 bridgehead atoms. The number of aromatic nitrogens is 3. The third-order valence-electron chi connectivity index (χ3n) is 4.44. The largest absolute Gasteiger partial charge is 0.411 e. The van der Waals surface area contributed by atoms with E-state index in [1.165, 1.54) is 11.8 Å². The van der Waals surface area contributed by atoms with Gasteiger partial charge in [0, 0.05) is 34.6 Å². The summed E-state index contributed by atoms with van der Waals surface area (Å²) < 4.78 is 13.0. The number of ketones is 1. The predicted molar refractivity (Wildman–Crippen MR) is 110 cm³/mol. The Kier molecular flexibility index (Phi) is 6.59. The Morgan fingerprint density at radius 1 is 1.32 bits per heavy atom. The van der Waals surface area contributed by atoms with Crippen molar-refractivity contribution in [1.29, 1.82) is 0 Å². The highest BCUT2D eigenvalue weighted by Gasteiger charge is 2.20. The molecule has 3 aromatic rings. The predicted octanol–water partition coefficient (Wildman–Crippen LogP) is 4.99. The number of ether oxygens (including phenoxy) is 1. The minimum absolute atomic E-state index is 0.0245. The van der Waals surface area contributed by atoms with Crippen molar-refractivity contribution in [2.24, 2.45) is 0 Å². The highest BCUT2D eigenvalue weighted by atomic mass is 35.5. The lowest BCUT2D eigenvalue weighted by Crippen LogP contribution is -2.14. The van der Waals surface area contributed by atoms with Gasteiger partial charge in [-0.2, -0.15) is 0 Å². The van der Waals surface area contributed by atoms with Crippen molar-refractivity contribution < 1.29 is 13.9 Å². The van der Waals surface area contributed by atoms with Crippen LogP contribution >= 0.6 is 23.4 Å². The summed E-state index contributed by atoms with van der Waals surface area (Å²) in [6.45, 7) is 6.62. The molecule has 0 N–H and O–H groups in total. The van der Waals surface area contributed by atoms with Gasteiger partial charge in [0.05, 0.1) is 18.4 Å². The van der Waals surface area contributed by atoms with Gasteiger partial charge in [0.25, 0.3) is 5.22 Å². The molecule has 0 amide bonds. The fourth-order valence-corrected chi connectivity index (χ4v) is 4.10. The molecule has 0 saturated heterocycles. The van der Waals surface area contributed by atoms with Crippen molar-refractivity contribution in [3.05, 3.63) is 52.3 Å². The van der Waals surface area contributed by atoms with Gasteiger partial charge in [0.15, 0.2) is 5.78 Å². The highest BCUT2D eigenvalue weighted by molar-refractivity contribution is 7.99. The van der Waals surface area contributed by atoms with Crippen LogP contribution in [0.2, 0.25) is 5.02 Å². The summed E-state index contributed by atoms with van der Waals surface area (Å²) in [4.78, 5) is 12.7. The van der Waals surface area contributed by atoms with Gasteiger partial charge in [-0.1, -0.05) is 29.4 Å². The molecule has 1 aromatic carbocycles. The van der Waals surface area contributed by atoms with E-state index in [4.69, 9.17) is 20.8 Å². The standard InChI is InChI=1S/C20H22ClN3O3S/c1-12-8-17(14(3)24(12)13(2)10-26-4)18(25)11-28-20-23-22-19(27-20)15-6-5-7-16(21)9-15/h5-9,13H,10-11H2,1-4H3/t13-/m1/s1. The Labute approximate surface area is 173 Å². The summed E-state index contributed by atoms with van der Waals surface area (Å²) in [5, 5.41) is 8.99. The average Bonchev–Trinajstić information content (AvgIpc) is 3.24. The number of hydrogen-bond acceptors (Lipinski definition) is 6. The Morgan fingerprint density at radius 2 is 2.11 bits per heavy atom. The number of carbonyl (C=O) groups excluding carboxylic acids is 1. The van der Waals surface area contributed by atoms with Crippen molar-refractivity contribution in [2.45, 2.75) is 32.0 Å². The number of methoxy groups -OCH3 is 1. The molecule has 2 heterocycles. The molecule has 0 aliphatic rings. The van der Waals surface area contributed by atoms with Crippen LogP contribution in [-0.2, 0) is 4.74 Å². The Balaban J connectivity index is 1.69. The van der Waals surface area contributed by atoms with Crippen molar-refractivity contribution >= 4 is 29.1 Å². The van der Waals surface area contributed by atoms with Crippen LogP contribution in [0, 0.1) is 13.8 Å². The first-order valence-corrected chi connectivity index (χ1v) is 10.2. The quantitative estimate of drug-likeness (QED) is 0.378. The summed E-state index contributed by atoms with van der Waals surface area (Å²) in [5.41, 5.74) is 3.44. The molecule has 0 aliphatic heterocycles. The Hall–Kier alpha value is -2.09. The topological polar surface area (TPSA) is 70.2 Å². The lowest BCUT2D eigenvalue weighted by molar-refractivity contribution is 0.102. The number of benzene rings is 1. The first-order valence-electron chi connectivity index (χ1n) is 8.83. The molecule has 2 aromatic heterocycles. The van der Waals surface area contributed by atoms with E-state index in [1.807, 2.05) is 32.0 Å². The van der Waals surface area contributed by atoms with Crippen LogP contribution < -0.4 is 0 Å². The van der Waals surface area contributed by atoms with E-state index in [9.17, 15) is 4.79 Å². The second-order valence-electron chi connectivity index (χ2n) is 6.55. The van der Waals surface area contributed by atoms with E-state index in [0.717, 1.165) is 17.0 Å². The second kappa shape index (κ2) is 8.94. The Morgan fingerprint density at radius 3 is 2.82 bits per heavy atom. The summed E-state index contributed by atoms with van der Waals surface area (Å²) in [6.07, 6.45) is 0. The van der Waals surface area contributed by atoms with Gasteiger partial charge in [-0.15, -0.1) is 10.2 Å². The molecule has 3 rings (SSSR count). The number of carbonyl (C=O) groups is 1. The average molecular weight is 420 g/mol. The lowest BCUT2D eigenvalue weighted by atomic mass is 10.2. The monoisotopic (exact) mass is 419 g/mol. The van der Waals surface area contributed by atoms with E-state index in [1.54, 1.807) is 19.2 Å². The van der Waals surface area contributed by atoms with Crippen LogP contribution in [0.1, 0.15) is 34.7 Å². The number of nitrogens with zero attached hydrogens (tertiary/aromatic N) is 3. The fourth-order valence-electron chi connectivity index (χ4n) is 3.26. The lowest BCUT2D eigenvalue weighted by Gasteiger charge is -2.17. The molecule has 28 heavy (non-hydrogen) atoms. The molecule has 1 atom stereocenters. The molecule has 0 spiro atoms. The zero-order valence-electron chi connectivity index (χ0n) is 16.2. The summed E-state index contributed by atoms with van der Waals surface area (Å²) in [7, 11) is 1.68. The van der Waals surface area contributed by atoms with Gasteiger partial charge in [0.1, 0.15) is 0 Å². The zero-order valence-corrected chi connectivity index (χ0v) is 17.8. The maximum absolute atomic E-state index is 12.7. The number of hydrogen-bond donors (Lipinski definition) is 0. The first-order chi connectivity index (χ1) is 13.4. The molecule has 0 unspecified atom stereocenters. The van der Waals surface area contributed by atoms with Crippen LogP contribution in [0.15, 0.2) is 40.0 Å². The van der Waals surface area contributed by atoms with Gasteiger partial charge in [-0.25, -0.2) is 0 Å². The second-order valence-corrected chi connectivity index (χ2v) is 7.92. The van der Waals surface area contributed by atoms with E-state index >= 15 is 0 Å². The van der Waals surface area contributed by atoms with Gasteiger partial charge in [0.2, 0.25) is 5.89 Å². The summed E-state index contributed by atoms with van der Waals surface area (Å²) in [5.74, 6) is 0.626. The van der Waals surface area contributed by atoms with Crippen LogP contribution in [0.5, 0.6) is 0 Å². The van der Waals surface area contributed by atoms with Crippen molar-refractivity contribution in [2.75, 3.05) is 19.5 Å². The van der Waals surface area contributed by atoms with Crippen LogP contribution in [-0.4, -0.2) is 40.0 Å². The molecular weight excluding hydrogens is 398 g/mol. The molecule has 0 radical (unpaired) electrons. The molecule has 0 aliphatic carbocycles. The van der Waals surface area contributed by atoms with E-state index in [2.05, 4.69) is 21.7 Å². The normalized spacial score (nSPS) is 12.3. The maximum Gasteiger partial charge on any atom is 0.277 e. The number of halogens is 1. The van der Waals surface area contributed by atoms with Crippen LogP contribution in [0.4, 0.5) is 0 Å². The van der Waals surface area contributed by atoms with Crippen LogP contribution in [0.25, 0.3) is 11.5 Å². The third kappa shape index (κ3) is 4.48. The van der Waals surface area contributed by atoms with Gasteiger partial charge in [-0.3, -0.25) is 4.79 Å². The maximum atomic E-state index is 12.7. The zero-order chi connectivity index (χ0) is 20.3. The minimum atomic E-state index is 0.0245. The van der Waals surface area contributed by atoms with E-state index in [0.29, 0.717) is 28.3 Å². The first kappa shape index (κ1) is 20.6. The minimum Gasteiger partial charge on any atom is -0.411 e. The highest BCUT2D eigenvalue weighted by Crippen LogP contribution is 2.27.